The van der Waals surface area contributed by atoms with E-state index >= 15 is 0 Å². The van der Waals surface area contributed by atoms with E-state index in [0.717, 1.165) is 0 Å². The zero-order chi connectivity index (χ0) is 22.5. The summed E-state index contributed by atoms with van der Waals surface area (Å²) in [5.74, 6) is -0.353. The number of ketones is 1. The summed E-state index contributed by atoms with van der Waals surface area (Å²) in [6.45, 7) is 2.01. The van der Waals surface area contributed by atoms with Crippen LogP contribution in [0.15, 0.2) is 59.7 Å². The molecule has 2 aromatic carbocycles. The molecule has 1 aliphatic rings. The highest BCUT2D eigenvalue weighted by Gasteiger charge is 2.28. The third-order valence-corrected chi connectivity index (χ3v) is 4.85. The molecule has 1 amide bonds. The molecule has 0 aliphatic carbocycles. The van der Waals surface area contributed by atoms with Crippen LogP contribution in [0.5, 0.6) is 0 Å². The number of likely N-dealkylation sites (tertiary alicyclic amines) is 1. The van der Waals surface area contributed by atoms with E-state index in [2.05, 4.69) is 0 Å². The van der Waals surface area contributed by atoms with Crippen molar-refractivity contribution in [2.24, 2.45) is 0 Å². The van der Waals surface area contributed by atoms with Crippen LogP contribution in [0.4, 0.5) is 11.4 Å². The Hall–Kier alpha value is -4.14. The molecular formula is C22H19N3O6. The number of nitro groups is 2. The van der Waals surface area contributed by atoms with Gasteiger partial charge in [-0.3, -0.25) is 29.8 Å². The van der Waals surface area contributed by atoms with Crippen LogP contribution in [0.3, 0.4) is 0 Å². The summed E-state index contributed by atoms with van der Waals surface area (Å²) in [7, 11) is 0. The summed E-state index contributed by atoms with van der Waals surface area (Å²) >= 11 is 0. The predicted molar refractivity (Wildman–Crippen MR) is 114 cm³/mol. The topological polar surface area (TPSA) is 124 Å². The molecule has 0 aromatic heterocycles. The molecule has 0 atom stereocenters. The number of hydrogen-bond acceptors (Lipinski definition) is 6. The van der Waals surface area contributed by atoms with E-state index in [-0.39, 0.29) is 42.6 Å². The number of nitro benzene ring substituents is 2. The summed E-state index contributed by atoms with van der Waals surface area (Å²) < 4.78 is 0. The van der Waals surface area contributed by atoms with Gasteiger partial charge < -0.3 is 4.90 Å². The van der Waals surface area contributed by atoms with Crippen molar-refractivity contribution in [2.45, 2.75) is 13.3 Å². The lowest BCUT2D eigenvalue weighted by molar-refractivity contribution is -0.385. The Morgan fingerprint density at radius 2 is 1.26 bits per heavy atom. The molecule has 3 rings (SSSR count). The molecule has 158 valence electrons. The van der Waals surface area contributed by atoms with Gasteiger partial charge in [0.15, 0.2) is 5.78 Å². The van der Waals surface area contributed by atoms with E-state index < -0.39 is 9.85 Å². The van der Waals surface area contributed by atoms with Gasteiger partial charge in [-0.2, -0.15) is 0 Å². The highest BCUT2D eigenvalue weighted by molar-refractivity contribution is 6.15. The smallest absolute Gasteiger partial charge is 0.269 e. The molecule has 1 aliphatic heterocycles. The van der Waals surface area contributed by atoms with Crippen molar-refractivity contribution in [3.8, 4) is 0 Å². The summed E-state index contributed by atoms with van der Waals surface area (Å²) in [5.41, 5.74) is 1.87. The average molecular weight is 421 g/mol. The lowest BCUT2D eigenvalue weighted by Crippen LogP contribution is -2.41. The van der Waals surface area contributed by atoms with Gasteiger partial charge in [0.2, 0.25) is 5.91 Å². The summed E-state index contributed by atoms with van der Waals surface area (Å²) in [6, 6.07) is 11.6. The second-order valence-electron chi connectivity index (χ2n) is 6.97. The zero-order valence-electron chi connectivity index (χ0n) is 16.7. The van der Waals surface area contributed by atoms with Crippen LogP contribution in [0.2, 0.25) is 0 Å². The molecule has 1 fully saturated rings. The monoisotopic (exact) mass is 421 g/mol. The molecule has 0 bridgehead atoms. The van der Waals surface area contributed by atoms with Crippen molar-refractivity contribution in [3.63, 3.8) is 0 Å². The quantitative estimate of drug-likeness (QED) is 0.411. The van der Waals surface area contributed by atoms with Crippen LogP contribution in [0, 0.1) is 20.2 Å². The number of rotatable bonds is 5. The first-order chi connectivity index (χ1) is 14.8. The molecule has 31 heavy (non-hydrogen) atoms. The minimum Gasteiger partial charge on any atom is -0.334 e. The lowest BCUT2D eigenvalue weighted by atomic mass is 9.94. The van der Waals surface area contributed by atoms with Crippen LogP contribution in [0.1, 0.15) is 24.5 Å². The van der Waals surface area contributed by atoms with Gasteiger partial charge in [-0.25, -0.2) is 0 Å². The van der Waals surface area contributed by atoms with Gasteiger partial charge in [0, 0.05) is 54.9 Å². The highest BCUT2D eigenvalue weighted by atomic mass is 16.6. The number of Topliss-reactive ketones (excluding diaryl/α,β-unsaturated/α-hetero) is 1. The second-order valence-corrected chi connectivity index (χ2v) is 6.97. The summed E-state index contributed by atoms with van der Waals surface area (Å²) in [5, 5.41) is 21.7. The third kappa shape index (κ3) is 5.08. The van der Waals surface area contributed by atoms with E-state index in [4.69, 9.17) is 0 Å². The number of nitrogens with zero attached hydrogens (tertiary/aromatic N) is 3. The van der Waals surface area contributed by atoms with Crippen molar-refractivity contribution in [1.82, 2.24) is 4.90 Å². The van der Waals surface area contributed by atoms with Crippen molar-refractivity contribution in [3.05, 3.63) is 91.0 Å². The fourth-order valence-corrected chi connectivity index (χ4v) is 3.23. The van der Waals surface area contributed by atoms with E-state index in [1.807, 2.05) is 0 Å². The van der Waals surface area contributed by atoms with Gasteiger partial charge in [-0.1, -0.05) is 6.92 Å². The van der Waals surface area contributed by atoms with Gasteiger partial charge in [-0.05, 0) is 47.5 Å². The summed E-state index contributed by atoms with van der Waals surface area (Å²) in [4.78, 5) is 47.6. The summed E-state index contributed by atoms with van der Waals surface area (Å²) in [6.07, 6.45) is 3.51. The Bertz CT molecular complexity index is 1020. The molecule has 9 nitrogen and oxygen atoms in total. The Morgan fingerprint density at radius 1 is 0.871 bits per heavy atom. The molecule has 2 aromatic rings. The molecule has 0 N–H and O–H groups in total. The van der Waals surface area contributed by atoms with Crippen molar-refractivity contribution in [1.29, 1.82) is 0 Å². The first-order valence-electron chi connectivity index (χ1n) is 9.51. The molecule has 0 saturated carbocycles. The molecule has 0 radical (unpaired) electrons. The van der Waals surface area contributed by atoms with Crippen molar-refractivity contribution < 1.29 is 19.4 Å². The van der Waals surface area contributed by atoms with E-state index in [9.17, 15) is 29.8 Å². The van der Waals surface area contributed by atoms with Crippen LogP contribution < -0.4 is 0 Å². The number of carbonyl (C=O) groups excluding carboxylic acids is 2. The largest absolute Gasteiger partial charge is 0.334 e. The number of carbonyl (C=O) groups is 2. The Morgan fingerprint density at radius 3 is 1.58 bits per heavy atom. The van der Waals surface area contributed by atoms with Crippen LogP contribution in [-0.2, 0) is 9.59 Å². The van der Waals surface area contributed by atoms with E-state index in [0.29, 0.717) is 22.3 Å². The minimum atomic E-state index is -0.505. The number of amides is 1. The van der Waals surface area contributed by atoms with Crippen LogP contribution in [-0.4, -0.2) is 39.5 Å². The Kier molecular flexibility index (Phi) is 6.35. The Balaban J connectivity index is 1.95. The van der Waals surface area contributed by atoms with Crippen molar-refractivity contribution in [2.75, 3.05) is 13.1 Å². The van der Waals surface area contributed by atoms with Crippen LogP contribution in [0.25, 0.3) is 12.2 Å². The van der Waals surface area contributed by atoms with Gasteiger partial charge in [-0.15, -0.1) is 0 Å². The van der Waals surface area contributed by atoms with Gasteiger partial charge in [0.1, 0.15) is 0 Å². The molecular weight excluding hydrogens is 402 g/mol. The van der Waals surface area contributed by atoms with E-state index in [1.54, 1.807) is 48.2 Å². The van der Waals surface area contributed by atoms with Gasteiger partial charge in [0.25, 0.3) is 11.4 Å². The van der Waals surface area contributed by atoms with E-state index in [1.165, 1.54) is 24.3 Å². The second kappa shape index (κ2) is 9.12. The first kappa shape index (κ1) is 21.6. The average Bonchev–Trinajstić information content (AvgIpc) is 2.76. The maximum atomic E-state index is 13.1. The SMILES string of the molecule is CCC(=O)N1C/C(=C\c2ccc([N+](=O)[O-])cc2)C(=O)/C(=C/c2ccc([N+](=O)[O-])cc2)C1. The fourth-order valence-electron chi connectivity index (χ4n) is 3.23. The van der Waals surface area contributed by atoms with Crippen LogP contribution >= 0.6 is 0 Å². The fraction of sp³-hybridized carbons (Fsp3) is 0.182. The lowest BCUT2D eigenvalue weighted by Gasteiger charge is -2.29. The minimum absolute atomic E-state index is 0.0568. The zero-order valence-corrected chi connectivity index (χ0v) is 16.7. The maximum Gasteiger partial charge on any atom is 0.269 e. The molecule has 0 unspecified atom stereocenters. The molecule has 0 spiro atoms. The predicted octanol–water partition coefficient (Wildman–Crippen LogP) is 3.79. The number of hydrogen-bond donors (Lipinski definition) is 0. The number of benzene rings is 2. The molecule has 9 heteroatoms. The molecule has 1 heterocycles. The number of non-ortho nitro benzene ring substituents is 2. The molecule has 1 saturated heterocycles. The Labute approximate surface area is 177 Å². The van der Waals surface area contributed by atoms with Gasteiger partial charge in [0.05, 0.1) is 9.85 Å². The van der Waals surface area contributed by atoms with Gasteiger partial charge >= 0.3 is 0 Å². The standard InChI is InChI=1S/C22H19N3O6/c1-2-21(26)23-13-17(11-15-3-7-19(8-4-15)24(28)29)22(27)18(14-23)12-16-5-9-20(10-6-16)25(30)31/h3-12H,2,13-14H2,1H3/b17-11+,18-12+. The van der Waals surface area contributed by atoms with Crippen molar-refractivity contribution >= 4 is 35.2 Å². The third-order valence-electron chi connectivity index (χ3n) is 4.85. The number of piperidine rings is 1. The first-order valence-corrected chi connectivity index (χ1v) is 9.51. The maximum absolute atomic E-state index is 13.1. The normalized spacial score (nSPS) is 16.5. The highest BCUT2D eigenvalue weighted by Crippen LogP contribution is 2.24.